The molecule has 0 spiro atoms. The third-order valence-electron chi connectivity index (χ3n) is 3.24. The lowest BCUT2D eigenvalue weighted by molar-refractivity contribution is -0.122. The molecule has 3 amide bonds. The predicted molar refractivity (Wildman–Crippen MR) is 72.6 cm³/mol. The number of rotatable bonds is 5. The summed E-state index contributed by atoms with van der Waals surface area (Å²) in [5.74, 6) is -0.442. The van der Waals surface area contributed by atoms with E-state index in [0.29, 0.717) is 26.1 Å². The molecule has 0 aliphatic carbocycles. The molecule has 2 N–H and O–H groups in total. The molecule has 6 nitrogen and oxygen atoms in total. The molecule has 2 rings (SSSR count). The van der Waals surface area contributed by atoms with Crippen LogP contribution >= 0.6 is 11.3 Å². The Morgan fingerprint density at radius 2 is 2.32 bits per heavy atom. The van der Waals surface area contributed by atoms with Crippen molar-refractivity contribution in [2.75, 3.05) is 13.1 Å². The molecule has 104 valence electrons. The van der Waals surface area contributed by atoms with E-state index in [1.165, 1.54) is 0 Å². The number of urea groups is 1. The van der Waals surface area contributed by atoms with Gasteiger partial charge in [0.15, 0.2) is 0 Å². The lowest BCUT2D eigenvalue weighted by Crippen LogP contribution is -2.46. The van der Waals surface area contributed by atoms with Gasteiger partial charge in [0.1, 0.15) is 6.04 Å². The highest BCUT2D eigenvalue weighted by Gasteiger charge is 2.35. The topological polar surface area (TPSA) is 79.5 Å². The lowest BCUT2D eigenvalue weighted by atomic mass is 10.2. The molecular weight excluding hydrogens is 264 g/mol. The number of aromatic nitrogens is 1. The summed E-state index contributed by atoms with van der Waals surface area (Å²) in [6.45, 7) is 5.44. The van der Waals surface area contributed by atoms with Gasteiger partial charge in [-0.05, 0) is 13.3 Å². The Morgan fingerprint density at radius 1 is 1.58 bits per heavy atom. The first-order valence-electron chi connectivity index (χ1n) is 6.28. The van der Waals surface area contributed by atoms with Crippen LogP contribution < -0.4 is 5.73 Å². The van der Waals surface area contributed by atoms with Crippen molar-refractivity contribution >= 4 is 23.3 Å². The lowest BCUT2D eigenvalue weighted by Gasteiger charge is -2.24. The maximum Gasteiger partial charge on any atom is 0.321 e. The van der Waals surface area contributed by atoms with E-state index in [2.05, 4.69) is 4.98 Å². The van der Waals surface area contributed by atoms with Crippen molar-refractivity contribution in [3.05, 3.63) is 16.1 Å². The van der Waals surface area contributed by atoms with Gasteiger partial charge < -0.3 is 15.5 Å². The predicted octanol–water partition coefficient (Wildman–Crippen LogP) is 0.953. The van der Waals surface area contributed by atoms with Crippen LogP contribution in [0.2, 0.25) is 0 Å². The monoisotopic (exact) mass is 282 g/mol. The number of aryl methyl sites for hydroxylation is 1. The Bertz CT molecular complexity index is 488. The van der Waals surface area contributed by atoms with E-state index in [4.69, 9.17) is 5.73 Å². The molecular formula is C12H18N4O2S. The summed E-state index contributed by atoms with van der Waals surface area (Å²) in [5, 5.41) is 2.94. The number of hydrogen-bond donors (Lipinski definition) is 1. The maximum atomic E-state index is 12.2. The molecule has 1 aliphatic heterocycles. The highest BCUT2D eigenvalue weighted by Crippen LogP contribution is 2.18. The average molecular weight is 282 g/mol. The minimum atomic E-state index is -0.505. The van der Waals surface area contributed by atoms with Gasteiger partial charge in [0.05, 0.1) is 17.2 Å². The molecule has 1 aromatic heterocycles. The van der Waals surface area contributed by atoms with Crippen LogP contribution in [-0.2, 0) is 11.3 Å². The van der Waals surface area contributed by atoms with Gasteiger partial charge in [0.2, 0.25) is 5.91 Å². The zero-order valence-corrected chi connectivity index (χ0v) is 11.9. The molecule has 7 heteroatoms. The summed E-state index contributed by atoms with van der Waals surface area (Å²) in [7, 11) is 0. The van der Waals surface area contributed by atoms with Gasteiger partial charge in [0, 0.05) is 18.5 Å². The van der Waals surface area contributed by atoms with Crippen LogP contribution in [-0.4, -0.2) is 45.9 Å². The van der Waals surface area contributed by atoms with Crippen molar-refractivity contribution in [3.63, 3.8) is 0 Å². The van der Waals surface area contributed by atoms with Gasteiger partial charge in [0.25, 0.3) is 0 Å². The highest BCUT2D eigenvalue weighted by molar-refractivity contribution is 7.09. The first-order chi connectivity index (χ1) is 9.02. The molecule has 0 saturated carbocycles. The van der Waals surface area contributed by atoms with Crippen LogP contribution in [0, 0.1) is 6.92 Å². The normalized spacial score (nSPS) is 17.1. The molecule has 0 radical (unpaired) electrons. The number of nitrogens with two attached hydrogens (primary N) is 1. The molecule has 1 unspecified atom stereocenters. The molecule has 1 saturated heterocycles. The number of amides is 3. The molecule has 1 aliphatic rings. The fourth-order valence-corrected chi connectivity index (χ4v) is 2.89. The second-order valence-electron chi connectivity index (χ2n) is 4.58. The number of nitrogens with zero attached hydrogens (tertiary/aromatic N) is 3. The van der Waals surface area contributed by atoms with E-state index >= 15 is 0 Å². The van der Waals surface area contributed by atoms with Gasteiger partial charge in [-0.2, -0.15) is 0 Å². The van der Waals surface area contributed by atoms with Crippen molar-refractivity contribution in [1.29, 1.82) is 0 Å². The summed E-state index contributed by atoms with van der Waals surface area (Å²) in [6.07, 6.45) is 0.546. The van der Waals surface area contributed by atoms with Crippen LogP contribution in [0.15, 0.2) is 5.38 Å². The Hall–Kier alpha value is -1.63. The highest BCUT2D eigenvalue weighted by atomic mass is 32.1. The zero-order chi connectivity index (χ0) is 14.0. The summed E-state index contributed by atoms with van der Waals surface area (Å²) < 4.78 is 0. The van der Waals surface area contributed by atoms with Crippen molar-refractivity contribution < 1.29 is 9.59 Å². The molecule has 19 heavy (non-hydrogen) atoms. The first kappa shape index (κ1) is 13.8. The maximum absolute atomic E-state index is 12.2. The Morgan fingerprint density at radius 3 is 2.84 bits per heavy atom. The smallest absolute Gasteiger partial charge is 0.321 e. The van der Waals surface area contributed by atoms with E-state index in [0.717, 1.165) is 10.7 Å². The average Bonchev–Trinajstić information content (AvgIpc) is 2.90. The number of thiazole rings is 1. The van der Waals surface area contributed by atoms with E-state index in [1.807, 2.05) is 19.2 Å². The second-order valence-corrected chi connectivity index (χ2v) is 5.64. The van der Waals surface area contributed by atoms with E-state index in [1.54, 1.807) is 21.1 Å². The van der Waals surface area contributed by atoms with Gasteiger partial charge in [-0.3, -0.25) is 4.79 Å². The van der Waals surface area contributed by atoms with E-state index in [-0.39, 0.29) is 6.03 Å². The molecule has 0 bridgehead atoms. The minimum absolute atomic E-state index is 0.128. The summed E-state index contributed by atoms with van der Waals surface area (Å²) in [5.41, 5.74) is 6.22. The first-order valence-corrected chi connectivity index (χ1v) is 7.16. The summed E-state index contributed by atoms with van der Waals surface area (Å²) >= 11 is 1.57. The fourth-order valence-electron chi connectivity index (χ4n) is 2.29. The second kappa shape index (κ2) is 5.56. The molecule has 2 heterocycles. The quantitative estimate of drug-likeness (QED) is 0.873. The number of carbonyl (C=O) groups excluding carboxylic acids is 2. The van der Waals surface area contributed by atoms with Crippen molar-refractivity contribution in [2.24, 2.45) is 5.73 Å². The summed E-state index contributed by atoms with van der Waals surface area (Å²) in [6, 6.07) is -0.633. The van der Waals surface area contributed by atoms with Gasteiger partial charge in [-0.1, -0.05) is 6.92 Å². The van der Waals surface area contributed by atoms with Crippen molar-refractivity contribution in [2.45, 2.75) is 32.9 Å². The van der Waals surface area contributed by atoms with E-state index in [9.17, 15) is 9.59 Å². The number of carbonyl (C=O) groups is 2. The van der Waals surface area contributed by atoms with Crippen LogP contribution in [0.3, 0.4) is 0 Å². The fraction of sp³-hybridized carbons (Fsp3) is 0.583. The van der Waals surface area contributed by atoms with Gasteiger partial charge in [-0.15, -0.1) is 11.3 Å². The minimum Gasteiger partial charge on any atom is -0.368 e. The Labute approximate surface area is 116 Å². The number of hydrogen-bond acceptors (Lipinski definition) is 4. The van der Waals surface area contributed by atoms with Gasteiger partial charge >= 0.3 is 6.03 Å². The van der Waals surface area contributed by atoms with Crippen LogP contribution in [0.25, 0.3) is 0 Å². The van der Waals surface area contributed by atoms with Crippen LogP contribution in [0.5, 0.6) is 0 Å². The Kier molecular flexibility index (Phi) is 4.04. The molecule has 1 aromatic rings. The zero-order valence-electron chi connectivity index (χ0n) is 11.1. The molecule has 0 aromatic carbocycles. The van der Waals surface area contributed by atoms with Gasteiger partial charge in [-0.25, -0.2) is 9.78 Å². The molecule has 1 fully saturated rings. The largest absolute Gasteiger partial charge is 0.368 e. The van der Waals surface area contributed by atoms with Crippen LogP contribution in [0.4, 0.5) is 4.79 Å². The third-order valence-corrected chi connectivity index (χ3v) is 4.06. The third kappa shape index (κ3) is 2.86. The van der Waals surface area contributed by atoms with Crippen molar-refractivity contribution in [3.8, 4) is 0 Å². The standard InChI is InChI=1S/C12H18N4O2S/c1-3-10(11(13)17)16-5-4-15(12(16)18)6-9-7-19-8(2)14-9/h7,10H,3-6H2,1-2H3,(H2,13,17). The SMILES string of the molecule is CCC(C(N)=O)N1CCN(Cc2csc(C)n2)C1=O. The van der Waals surface area contributed by atoms with E-state index < -0.39 is 11.9 Å². The van der Waals surface area contributed by atoms with Crippen LogP contribution in [0.1, 0.15) is 24.0 Å². The Balaban J connectivity index is 2.03. The number of primary amides is 1. The summed E-state index contributed by atoms with van der Waals surface area (Å²) in [4.78, 5) is 31.2. The van der Waals surface area contributed by atoms with Crippen molar-refractivity contribution in [1.82, 2.24) is 14.8 Å². The molecule has 1 atom stereocenters.